The molecular weight excluding hydrogens is 1640 g/mol. The van der Waals surface area contributed by atoms with Gasteiger partial charge in [0.15, 0.2) is 23.3 Å². The number of carbonyl (C=O) groups is 1. The Hall–Kier alpha value is -12.4. The number of methoxy groups -OCH3 is 1. The van der Waals surface area contributed by atoms with Crippen molar-refractivity contribution in [1.29, 1.82) is 0 Å². The first-order valence-electron chi connectivity index (χ1n) is 38.0. The molecule has 14 aromatic heterocycles. The van der Waals surface area contributed by atoms with Crippen molar-refractivity contribution < 1.29 is 66.8 Å². The summed E-state index contributed by atoms with van der Waals surface area (Å²) < 4.78 is 180. The van der Waals surface area contributed by atoms with Gasteiger partial charge in [0.1, 0.15) is 80.6 Å². The number of ether oxygens (including phenoxy) is 2. The van der Waals surface area contributed by atoms with Crippen LogP contribution >= 0.6 is 11.6 Å². The summed E-state index contributed by atoms with van der Waals surface area (Å²) in [5, 5.41) is 13.8. The molecular formula is C79H77ClF11N25O4S. The number of nitrogens with one attached hydrogen (secondary N) is 2. The molecule has 4 aliphatic rings. The molecule has 121 heavy (non-hydrogen) atoms. The number of imidazole rings is 4. The number of hydrogen-bond donors (Lipinski definition) is 2. The van der Waals surface area contributed by atoms with Crippen LogP contribution in [0.4, 0.5) is 71.6 Å². The van der Waals surface area contributed by atoms with Crippen molar-refractivity contribution in [2.24, 2.45) is 22.1 Å². The van der Waals surface area contributed by atoms with Crippen LogP contribution in [0, 0.1) is 23.6 Å². The molecule has 1 unspecified atom stereocenters. The molecule has 0 amide bonds. The van der Waals surface area contributed by atoms with Crippen molar-refractivity contribution in [3.63, 3.8) is 0 Å². The van der Waals surface area contributed by atoms with E-state index < -0.39 is 76.2 Å². The summed E-state index contributed by atoms with van der Waals surface area (Å²) >= 11 is 5.94. The van der Waals surface area contributed by atoms with Crippen LogP contribution in [0.25, 0.3) is 68.7 Å². The number of fused-ring (bicyclic) bond motifs is 4. The molecule has 0 aliphatic carbocycles. The molecule has 0 spiro atoms. The number of H-pyrrole nitrogens is 2. The number of halogens is 12. The first kappa shape index (κ1) is 83.7. The second-order valence-corrected chi connectivity index (χ2v) is 33.2. The van der Waals surface area contributed by atoms with E-state index in [0.29, 0.717) is 88.9 Å². The van der Waals surface area contributed by atoms with E-state index in [1.54, 1.807) is 64.6 Å². The van der Waals surface area contributed by atoms with E-state index in [1.807, 2.05) is 43.7 Å². The molecule has 0 radical (unpaired) electrons. The largest absolute Gasteiger partial charge is 0.469 e. The fourth-order valence-corrected chi connectivity index (χ4v) is 16.2. The summed E-state index contributed by atoms with van der Waals surface area (Å²) in [6.45, 7) is 10.1. The number of pyridine rings is 4. The number of morpholine rings is 1. The Balaban J connectivity index is 0.000000126. The SMILES string of the molecule is COC(=O)C1CN(c2ccnc(-c3cnc4ccc(C(F)(F)F)cn34)n2)CC(F)(F)C1.C[C@@H]1C[C@@H](N=S(C)(C)=O)CN(c2ccnc(-c3cnc4ccc(C(F)F)cn34)n2)C1.C[C@@H]1C[C@@H](c2cn[nH]c2)CN(c2ccnc(-c3cnc4ccc(C(F)(F)F)cn34)n2)C1.C[C@H]1CN(c2ccnc(-c3cnc4cc(F)c(Cl)cn34)n2)C[C@@H](c2cn[nH]c2)O1. The third-order valence-corrected chi connectivity index (χ3v) is 21.6. The van der Waals surface area contributed by atoms with Gasteiger partial charge in [-0.3, -0.25) is 36.8 Å². The van der Waals surface area contributed by atoms with Gasteiger partial charge >= 0.3 is 18.3 Å². The summed E-state index contributed by atoms with van der Waals surface area (Å²) in [5.74, 6) is -0.705. The molecule has 0 aromatic carbocycles. The highest BCUT2D eigenvalue weighted by atomic mass is 35.5. The minimum atomic E-state index is -4.55. The number of aromatic amines is 2. The highest BCUT2D eigenvalue weighted by Crippen LogP contribution is 2.39. The molecule has 2 N–H and O–H groups in total. The van der Waals surface area contributed by atoms with Gasteiger partial charge in [-0.15, -0.1) is 0 Å². The topological polar surface area (TPSA) is 308 Å². The Labute approximate surface area is 687 Å². The van der Waals surface area contributed by atoms with Crippen molar-refractivity contribution in [3.8, 4) is 46.1 Å². The van der Waals surface area contributed by atoms with Gasteiger partial charge in [0.25, 0.3) is 12.3 Å². The van der Waals surface area contributed by atoms with Crippen LogP contribution < -0.4 is 19.6 Å². The lowest BCUT2D eigenvalue weighted by molar-refractivity contribution is -0.150. The number of alkyl halides is 10. The summed E-state index contributed by atoms with van der Waals surface area (Å²) in [5.41, 5.74) is 3.84. The Morgan fingerprint density at radius 2 is 1.02 bits per heavy atom. The molecule has 4 fully saturated rings. The van der Waals surface area contributed by atoms with E-state index in [1.165, 1.54) is 75.0 Å². The van der Waals surface area contributed by atoms with Gasteiger partial charge < -0.3 is 29.1 Å². The van der Waals surface area contributed by atoms with Crippen LogP contribution in [0.15, 0.2) is 170 Å². The highest BCUT2D eigenvalue weighted by Gasteiger charge is 2.45. The minimum absolute atomic E-state index is 0.00725. The lowest BCUT2D eigenvalue weighted by Crippen LogP contribution is -2.49. The monoisotopic (exact) mass is 1720 g/mol. The van der Waals surface area contributed by atoms with E-state index in [9.17, 15) is 57.3 Å². The normalized spacial score (nSPS) is 19.6. The minimum Gasteiger partial charge on any atom is -0.469 e. The number of esters is 1. The van der Waals surface area contributed by atoms with Crippen LogP contribution in [0.3, 0.4) is 0 Å². The summed E-state index contributed by atoms with van der Waals surface area (Å²) in [4.78, 5) is 71.8. The van der Waals surface area contributed by atoms with Gasteiger partial charge in [0.2, 0.25) is 0 Å². The molecule has 18 heterocycles. The number of carbonyl (C=O) groups excluding carboxylic acids is 1. The Kier molecular flexibility index (Phi) is 23.8. The van der Waals surface area contributed by atoms with Gasteiger partial charge in [-0.1, -0.05) is 25.4 Å². The zero-order valence-corrected chi connectivity index (χ0v) is 66.9. The predicted molar refractivity (Wildman–Crippen MR) is 426 cm³/mol. The van der Waals surface area contributed by atoms with E-state index in [4.69, 9.17) is 21.3 Å². The first-order valence-corrected chi connectivity index (χ1v) is 40.7. The van der Waals surface area contributed by atoms with Gasteiger partial charge in [-0.05, 0) is 97.8 Å². The molecule has 632 valence electrons. The molecule has 4 aliphatic heterocycles. The molecule has 18 rings (SSSR count). The first-order chi connectivity index (χ1) is 57.7. The molecule has 42 heteroatoms. The zero-order valence-electron chi connectivity index (χ0n) is 65.3. The van der Waals surface area contributed by atoms with E-state index in [2.05, 4.69) is 113 Å². The Bertz CT molecular complexity index is 6150. The zero-order chi connectivity index (χ0) is 85.4. The number of aromatic nitrogens is 20. The number of hydrogen-bond acceptors (Lipinski definition) is 23. The molecule has 14 aromatic rings. The van der Waals surface area contributed by atoms with E-state index >= 15 is 0 Å². The quantitative estimate of drug-likeness (QED) is 0.0800. The maximum atomic E-state index is 14.2. The number of anilines is 4. The second-order valence-electron chi connectivity index (χ2n) is 30.2. The lowest BCUT2D eigenvalue weighted by atomic mass is 9.87. The third kappa shape index (κ3) is 19.3. The highest BCUT2D eigenvalue weighted by molar-refractivity contribution is 7.92. The van der Waals surface area contributed by atoms with E-state index in [-0.39, 0.29) is 58.4 Å². The molecule has 4 saturated heterocycles. The number of nitrogens with zero attached hydrogens (tertiary/aromatic N) is 23. The average Bonchev–Trinajstić information content (AvgIpc) is 1.70. The fourth-order valence-electron chi connectivity index (χ4n) is 15.2. The average molecular weight is 1720 g/mol. The molecule has 7 atom stereocenters. The van der Waals surface area contributed by atoms with Gasteiger partial charge in [0.05, 0.1) is 91.6 Å². The smallest absolute Gasteiger partial charge is 0.417 e. The van der Waals surface area contributed by atoms with Crippen molar-refractivity contribution in [2.75, 3.05) is 91.6 Å². The molecule has 29 nitrogen and oxygen atoms in total. The Morgan fingerprint density at radius 1 is 0.562 bits per heavy atom. The van der Waals surface area contributed by atoms with Gasteiger partial charge in [-0.2, -0.15) is 36.5 Å². The van der Waals surface area contributed by atoms with Crippen molar-refractivity contribution >= 4 is 73.2 Å². The predicted octanol–water partition coefficient (Wildman–Crippen LogP) is 14.6. The lowest BCUT2D eigenvalue weighted by Gasteiger charge is -2.37. The number of piperidine rings is 3. The fraction of sp³-hybridized carbons (Fsp3) is 0.354. The number of rotatable bonds is 13. The van der Waals surface area contributed by atoms with Crippen molar-refractivity contribution in [2.45, 2.75) is 88.9 Å². The van der Waals surface area contributed by atoms with Crippen LogP contribution in [0.5, 0.6) is 0 Å². The van der Waals surface area contributed by atoms with Gasteiger partial charge in [-0.25, -0.2) is 86.1 Å². The molecule has 0 saturated carbocycles. The van der Waals surface area contributed by atoms with Crippen LogP contribution in [0.1, 0.15) is 86.3 Å². The Morgan fingerprint density at radius 3 is 1.50 bits per heavy atom. The maximum absolute atomic E-state index is 14.2. The van der Waals surface area contributed by atoms with Crippen LogP contribution in [0.2, 0.25) is 5.02 Å². The van der Waals surface area contributed by atoms with Gasteiger partial charge in [0, 0.05) is 153 Å². The van der Waals surface area contributed by atoms with Crippen LogP contribution in [-0.4, -0.2) is 198 Å². The van der Waals surface area contributed by atoms with Crippen molar-refractivity contribution in [3.05, 3.63) is 205 Å². The summed E-state index contributed by atoms with van der Waals surface area (Å²) in [6.07, 6.45) is 17.4. The van der Waals surface area contributed by atoms with Crippen LogP contribution in [-0.2, 0) is 36.3 Å². The summed E-state index contributed by atoms with van der Waals surface area (Å²) in [6, 6.07) is 15.6. The second kappa shape index (κ2) is 34.4. The van der Waals surface area contributed by atoms with Crippen molar-refractivity contribution in [1.82, 2.24) is 97.8 Å². The molecule has 0 bridgehead atoms. The van der Waals surface area contributed by atoms with E-state index in [0.717, 1.165) is 92.7 Å². The standard InChI is InChI=1S/C21H20F3N7.C20H24F2N6OS.C19H17ClFN7O.C19H16F5N5O2/c1-13-6-14(15-7-27-28-8-15)11-30(10-13)19-4-5-25-20(29-19)17-9-26-18-3-2-16(12-31(17)18)21(22,23)24;1-13-8-15(26-30(2,3)29)12-27(10-13)18-6-7-23-20(25-18)16-9-24-17-5-4-14(19(21)22)11-28(16)17;1-11-8-27(10-16(29-11)12-5-24-25-6-12)17-2-3-22-19(26-17)15-7-23-18-4-14(21)13(20)9-28(15)18;1-31-17(30)11-6-18(20,21)10-28(8-11)15-4-5-25-16(27-15)13-7-26-14-3-2-12(9-29(13)14)19(22,23)24/h2-5,7-9,12-14H,6,10-11H2,1H3,(H,27,28);4-7,9,11,13,15,19H,8,10,12H2,1-3H3;2-7,9,11,16H,8,10H2,1H3,(H,24,25);2-5,7,9,11H,6,8,10H2,1H3/t13-,14-;13-,15-;11-,16-;/m110./s1. The summed E-state index contributed by atoms with van der Waals surface area (Å²) in [7, 11) is -1.06. The third-order valence-electron chi connectivity index (χ3n) is 20.6. The maximum Gasteiger partial charge on any atom is 0.417 e.